The van der Waals surface area contributed by atoms with Crippen LogP contribution in [0.15, 0.2) is 30.6 Å². The predicted octanol–water partition coefficient (Wildman–Crippen LogP) is 3.32. The van der Waals surface area contributed by atoms with Crippen molar-refractivity contribution in [3.8, 4) is 5.75 Å². The van der Waals surface area contributed by atoms with Gasteiger partial charge in [-0.1, -0.05) is 0 Å². The van der Waals surface area contributed by atoms with Crippen LogP contribution in [0.5, 0.6) is 5.75 Å². The first kappa shape index (κ1) is 16.9. The molecule has 136 valence electrons. The van der Waals surface area contributed by atoms with E-state index in [2.05, 4.69) is 9.97 Å². The summed E-state index contributed by atoms with van der Waals surface area (Å²) in [6.07, 6.45) is 6.41. The van der Waals surface area contributed by atoms with Crippen LogP contribution in [0.25, 0.3) is 0 Å². The van der Waals surface area contributed by atoms with Gasteiger partial charge in [-0.3, -0.25) is 4.79 Å². The van der Waals surface area contributed by atoms with Crippen molar-refractivity contribution in [1.29, 1.82) is 0 Å². The van der Waals surface area contributed by atoms with Gasteiger partial charge in [-0.25, -0.2) is 18.7 Å². The first-order valence-corrected chi connectivity index (χ1v) is 8.83. The summed E-state index contributed by atoms with van der Waals surface area (Å²) in [6.45, 7) is 1.02. The van der Waals surface area contributed by atoms with Crippen molar-refractivity contribution in [2.45, 2.75) is 37.7 Å². The Morgan fingerprint density at radius 3 is 2.38 bits per heavy atom. The number of hydrogen-bond donors (Lipinski definition) is 0. The summed E-state index contributed by atoms with van der Waals surface area (Å²) in [4.78, 5) is 22.9. The summed E-state index contributed by atoms with van der Waals surface area (Å²) in [6, 6.07) is 3.27. The second-order valence-electron chi connectivity index (χ2n) is 6.79. The monoisotopic (exact) mass is 359 g/mol. The van der Waals surface area contributed by atoms with Crippen LogP contribution in [-0.4, -0.2) is 40.0 Å². The molecule has 2 aliphatic rings. The topological polar surface area (TPSA) is 55.3 Å². The van der Waals surface area contributed by atoms with Gasteiger partial charge < -0.3 is 9.64 Å². The lowest BCUT2D eigenvalue weighted by Crippen LogP contribution is -2.42. The molecular weight excluding hydrogens is 340 g/mol. The molecule has 0 atom stereocenters. The number of rotatable bonds is 4. The van der Waals surface area contributed by atoms with Gasteiger partial charge in [-0.15, -0.1) is 0 Å². The van der Waals surface area contributed by atoms with Gasteiger partial charge in [0.15, 0.2) is 11.6 Å². The van der Waals surface area contributed by atoms with E-state index < -0.39 is 11.6 Å². The molecule has 0 bridgehead atoms. The minimum Gasteiger partial charge on any atom is -0.487 e. The highest BCUT2D eigenvalue weighted by molar-refractivity contribution is 5.93. The highest BCUT2D eigenvalue weighted by Gasteiger charge is 2.28. The molecule has 4 rings (SSSR count). The fraction of sp³-hybridized carbons (Fsp3) is 0.421. The molecule has 1 aliphatic carbocycles. The zero-order chi connectivity index (χ0) is 18.1. The van der Waals surface area contributed by atoms with Crippen LogP contribution < -0.4 is 4.74 Å². The summed E-state index contributed by atoms with van der Waals surface area (Å²) < 4.78 is 32.3. The van der Waals surface area contributed by atoms with Crippen LogP contribution in [0.2, 0.25) is 0 Å². The van der Waals surface area contributed by atoms with Gasteiger partial charge in [0.05, 0.1) is 5.56 Å². The van der Waals surface area contributed by atoms with Gasteiger partial charge in [0, 0.05) is 50.3 Å². The number of benzene rings is 1. The van der Waals surface area contributed by atoms with E-state index in [9.17, 15) is 13.6 Å². The quantitative estimate of drug-likeness (QED) is 0.840. The van der Waals surface area contributed by atoms with Crippen molar-refractivity contribution in [2.24, 2.45) is 0 Å². The molecule has 1 aliphatic heterocycles. The van der Waals surface area contributed by atoms with E-state index in [-0.39, 0.29) is 17.8 Å². The molecule has 1 amide bonds. The zero-order valence-electron chi connectivity index (χ0n) is 14.2. The van der Waals surface area contributed by atoms with E-state index >= 15 is 0 Å². The number of halogens is 2. The van der Waals surface area contributed by atoms with Gasteiger partial charge in [0.25, 0.3) is 5.91 Å². The van der Waals surface area contributed by atoms with Crippen molar-refractivity contribution in [2.75, 3.05) is 13.1 Å². The first-order chi connectivity index (χ1) is 12.6. The number of piperidine rings is 1. The highest BCUT2D eigenvalue weighted by Crippen LogP contribution is 2.37. The number of hydrogen-bond acceptors (Lipinski definition) is 4. The van der Waals surface area contributed by atoms with Gasteiger partial charge >= 0.3 is 0 Å². The van der Waals surface area contributed by atoms with Crippen LogP contribution in [0.1, 0.15) is 47.8 Å². The molecule has 26 heavy (non-hydrogen) atoms. The van der Waals surface area contributed by atoms with E-state index in [0.29, 0.717) is 37.4 Å². The number of carbonyl (C=O) groups excluding carboxylic acids is 1. The average molecular weight is 359 g/mol. The summed E-state index contributed by atoms with van der Waals surface area (Å²) in [5.41, 5.74) is 0.485. The van der Waals surface area contributed by atoms with Crippen LogP contribution in [0.4, 0.5) is 8.78 Å². The molecule has 1 aromatic carbocycles. The predicted molar refractivity (Wildman–Crippen MR) is 89.9 cm³/mol. The van der Waals surface area contributed by atoms with E-state index in [4.69, 9.17) is 4.74 Å². The molecule has 5 nitrogen and oxygen atoms in total. The Bertz CT molecular complexity index is 801. The van der Waals surface area contributed by atoms with Crippen LogP contribution in [-0.2, 0) is 0 Å². The maximum Gasteiger partial charge on any atom is 0.256 e. The Kier molecular flexibility index (Phi) is 4.53. The fourth-order valence-corrected chi connectivity index (χ4v) is 3.11. The van der Waals surface area contributed by atoms with Gasteiger partial charge in [0.1, 0.15) is 17.7 Å². The lowest BCUT2D eigenvalue weighted by molar-refractivity contribution is 0.0587. The van der Waals surface area contributed by atoms with Gasteiger partial charge in [-0.2, -0.15) is 0 Å². The van der Waals surface area contributed by atoms with Crippen molar-refractivity contribution in [1.82, 2.24) is 14.9 Å². The molecule has 1 saturated heterocycles. The molecule has 1 saturated carbocycles. The molecular formula is C19H19F2N3O2. The zero-order valence-corrected chi connectivity index (χ0v) is 14.2. The molecule has 2 heterocycles. The Morgan fingerprint density at radius 1 is 1.08 bits per heavy atom. The Balaban J connectivity index is 1.33. The van der Waals surface area contributed by atoms with Crippen LogP contribution in [0, 0.1) is 11.6 Å². The van der Waals surface area contributed by atoms with Gasteiger partial charge in [-0.05, 0) is 25.0 Å². The maximum absolute atomic E-state index is 13.7. The van der Waals surface area contributed by atoms with Crippen molar-refractivity contribution in [3.05, 3.63) is 53.6 Å². The molecule has 2 aromatic rings. The number of amides is 1. The second-order valence-corrected chi connectivity index (χ2v) is 6.79. The molecule has 1 aromatic heterocycles. The third-order valence-corrected chi connectivity index (χ3v) is 4.78. The first-order valence-electron chi connectivity index (χ1n) is 8.83. The van der Waals surface area contributed by atoms with Gasteiger partial charge in [0.2, 0.25) is 0 Å². The average Bonchev–Trinajstić information content (AvgIpc) is 3.49. The maximum atomic E-state index is 13.7. The van der Waals surface area contributed by atoms with Crippen molar-refractivity contribution >= 4 is 5.91 Å². The fourth-order valence-electron chi connectivity index (χ4n) is 3.11. The van der Waals surface area contributed by atoms with E-state index in [1.807, 2.05) is 0 Å². The number of nitrogens with zero attached hydrogens (tertiary/aromatic N) is 3. The summed E-state index contributed by atoms with van der Waals surface area (Å²) in [5, 5.41) is 0. The number of aromatic nitrogens is 2. The lowest BCUT2D eigenvalue weighted by Gasteiger charge is -2.32. The highest BCUT2D eigenvalue weighted by atomic mass is 19.1. The SMILES string of the molecule is O=C(c1cnc(C2CC2)nc1)N1CCC(Oc2ccc(F)cc2F)CC1. The molecule has 0 N–H and O–H groups in total. The lowest BCUT2D eigenvalue weighted by atomic mass is 10.1. The molecule has 0 spiro atoms. The third kappa shape index (κ3) is 3.66. The summed E-state index contributed by atoms with van der Waals surface area (Å²) in [5.74, 6) is -0.130. The largest absolute Gasteiger partial charge is 0.487 e. The van der Waals surface area contributed by atoms with Crippen molar-refractivity contribution in [3.63, 3.8) is 0 Å². The smallest absolute Gasteiger partial charge is 0.256 e. The third-order valence-electron chi connectivity index (χ3n) is 4.78. The van der Waals surface area contributed by atoms with Crippen LogP contribution >= 0.6 is 0 Å². The Hall–Kier alpha value is -2.57. The second kappa shape index (κ2) is 6.97. The van der Waals surface area contributed by atoms with E-state index in [0.717, 1.165) is 24.7 Å². The summed E-state index contributed by atoms with van der Waals surface area (Å²) in [7, 11) is 0. The number of likely N-dealkylation sites (tertiary alicyclic amines) is 1. The molecule has 7 heteroatoms. The van der Waals surface area contributed by atoms with Crippen molar-refractivity contribution < 1.29 is 18.3 Å². The number of carbonyl (C=O) groups is 1. The minimum atomic E-state index is -0.712. The van der Waals surface area contributed by atoms with Crippen LogP contribution in [0.3, 0.4) is 0 Å². The summed E-state index contributed by atoms with van der Waals surface area (Å²) >= 11 is 0. The molecule has 2 fully saturated rings. The standard InChI is InChI=1S/C19H19F2N3O2/c20-14-3-4-17(16(21)9-14)26-15-5-7-24(8-6-15)19(25)13-10-22-18(23-11-13)12-1-2-12/h3-4,9-12,15H,1-2,5-8H2. The Labute approximate surface area is 150 Å². The molecule has 0 unspecified atom stereocenters. The normalized spacial score (nSPS) is 18.0. The molecule has 0 radical (unpaired) electrons. The van der Waals surface area contributed by atoms with E-state index in [1.165, 1.54) is 12.1 Å². The minimum absolute atomic E-state index is 0.0419. The number of ether oxygens (including phenoxy) is 1. The van der Waals surface area contributed by atoms with E-state index in [1.54, 1.807) is 17.3 Å². The Morgan fingerprint density at radius 2 is 1.77 bits per heavy atom.